The number of hydrogen-bond acceptors (Lipinski definition) is 5. The van der Waals surface area contributed by atoms with Crippen LogP contribution in [-0.4, -0.2) is 44.9 Å². The fourth-order valence-corrected chi connectivity index (χ4v) is 4.85. The van der Waals surface area contributed by atoms with E-state index in [1.165, 1.54) is 0 Å². The van der Waals surface area contributed by atoms with Crippen LogP contribution in [0.25, 0.3) is 0 Å². The second-order valence-corrected chi connectivity index (χ2v) is 7.67. The van der Waals surface area contributed by atoms with Crippen molar-refractivity contribution in [2.45, 2.75) is 31.4 Å². The Labute approximate surface area is 158 Å². The Bertz CT molecular complexity index is 752. The van der Waals surface area contributed by atoms with E-state index in [1.807, 2.05) is 0 Å². The lowest BCUT2D eigenvalue weighted by Gasteiger charge is -2.55. The highest BCUT2D eigenvalue weighted by Gasteiger charge is 2.57. The van der Waals surface area contributed by atoms with Gasteiger partial charge in [-0.2, -0.15) is 0 Å². The largest absolute Gasteiger partial charge is 0.497 e. The molecule has 146 valence electrons. The predicted octanol–water partition coefficient (Wildman–Crippen LogP) is 1.71. The first-order valence-electron chi connectivity index (χ1n) is 9.52. The van der Waals surface area contributed by atoms with E-state index < -0.39 is 5.72 Å². The minimum absolute atomic E-state index is 0.0292. The molecule has 7 nitrogen and oxygen atoms in total. The Morgan fingerprint density at radius 2 is 2.22 bits per heavy atom. The predicted molar refractivity (Wildman–Crippen MR) is 97.6 cm³/mol. The van der Waals surface area contributed by atoms with E-state index in [2.05, 4.69) is 10.6 Å². The van der Waals surface area contributed by atoms with Gasteiger partial charge >= 0.3 is 0 Å². The summed E-state index contributed by atoms with van der Waals surface area (Å²) in [6.07, 6.45) is 3.32. The number of fused-ring (bicyclic) bond motifs is 3. The number of carbonyl (C=O) groups is 2. The van der Waals surface area contributed by atoms with Crippen molar-refractivity contribution in [3.05, 3.63) is 23.8 Å². The van der Waals surface area contributed by atoms with Gasteiger partial charge < -0.3 is 24.8 Å². The first-order chi connectivity index (χ1) is 13.1. The van der Waals surface area contributed by atoms with Crippen molar-refractivity contribution in [2.75, 3.05) is 27.4 Å². The number of amides is 2. The van der Waals surface area contributed by atoms with E-state index in [0.29, 0.717) is 36.6 Å². The van der Waals surface area contributed by atoms with Crippen LogP contribution in [0.5, 0.6) is 11.5 Å². The lowest BCUT2D eigenvalue weighted by Crippen LogP contribution is -2.67. The monoisotopic (exact) mass is 374 g/mol. The van der Waals surface area contributed by atoms with Crippen molar-refractivity contribution in [3.63, 3.8) is 0 Å². The van der Waals surface area contributed by atoms with E-state index in [0.717, 1.165) is 19.3 Å². The van der Waals surface area contributed by atoms with E-state index >= 15 is 0 Å². The second-order valence-electron chi connectivity index (χ2n) is 7.67. The number of rotatable bonds is 5. The molecule has 1 spiro atoms. The zero-order chi connectivity index (χ0) is 19.0. The van der Waals surface area contributed by atoms with Crippen molar-refractivity contribution in [1.29, 1.82) is 0 Å². The van der Waals surface area contributed by atoms with Gasteiger partial charge in [0, 0.05) is 38.0 Å². The third kappa shape index (κ3) is 3.14. The molecular formula is C20H26N2O5. The summed E-state index contributed by atoms with van der Waals surface area (Å²) in [5.41, 5.74) is -0.195. The number of ether oxygens (including phenoxy) is 3. The van der Waals surface area contributed by atoms with Crippen LogP contribution in [0.1, 0.15) is 36.0 Å². The van der Waals surface area contributed by atoms with Gasteiger partial charge in [0.05, 0.1) is 19.3 Å². The van der Waals surface area contributed by atoms with Crippen molar-refractivity contribution in [2.24, 2.45) is 17.8 Å². The van der Waals surface area contributed by atoms with Crippen molar-refractivity contribution in [3.8, 4) is 11.5 Å². The molecule has 7 heteroatoms. The van der Waals surface area contributed by atoms with Crippen molar-refractivity contribution < 1.29 is 23.8 Å². The Morgan fingerprint density at radius 3 is 2.93 bits per heavy atom. The summed E-state index contributed by atoms with van der Waals surface area (Å²) in [6.45, 7) is 1.03. The van der Waals surface area contributed by atoms with Gasteiger partial charge in [0.15, 0.2) is 5.72 Å². The van der Waals surface area contributed by atoms with Gasteiger partial charge in [-0.25, -0.2) is 0 Å². The van der Waals surface area contributed by atoms with E-state index in [-0.39, 0.29) is 29.6 Å². The van der Waals surface area contributed by atoms with Gasteiger partial charge in [-0.1, -0.05) is 0 Å². The van der Waals surface area contributed by atoms with Crippen LogP contribution < -0.4 is 20.1 Å². The summed E-state index contributed by atoms with van der Waals surface area (Å²) in [4.78, 5) is 25.3. The SMILES string of the molecule is COCCNC(=O)[C@H]1C[C@@H]2CC[C@@H]1C[C@@]21NC(=O)c2ccc(OC)cc2O1. The topological polar surface area (TPSA) is 85.9 Å². The summed E-state index contributed by atoms with van der Waals surface area (Å²) in [7, 11) is 3.21. The second kappa shape index (κ2) is 7.03. The zero-order valence-corrected chi connectivity index (χ0v) is 15.7. The standard InChI is InChI=1S/C20H26N2O5/c1-25-8-7-21-18(23)16-9-13-4-3-12(16)11-20(13)22-19(24)15-6-5-14(26-2)10-17(15)27-20/h5-6,10,12-13,16H,3-4,7-9,11H2,1-2H3,(H,21,23)(H,22,24)/t12-,13+,16+,20+/m1/s1. The highest BCUT2D eigenvalue weighted by molar-refractivity contribution is 5.98. The molecule has 3 fully saturated rings. The van der Waals surface area contributed by atoms with Crippen LogP contribution in [-0.2, 0) is 9.53 Å². The molecule has 5 rings (SSSR count). The molecule has 2 amide bonds. The third-order valence-electron chi connectivity index (χ3n) is 6.21. The van der Waals surface area contributed by atoms with Crippen molar-refractivity contribution >= 4 is 11.8 Å². The van der Waals surface area contributed by atoms with Gasteiger partial charge in [-0.3, -0.25) is 9.59 Å². The minimum Gasteiger partial charge on any atom is -0.497 e. The summed E-state index contributed by atoms with van der Waals surface area (Å²) in [5, 5.41) is 6.08. The number of carbonyl (C=O) groups excluding carboxylic acids is 2. The maximum Gasteiger partial charge on any atom is 0.258 e. The molecule has 0 saturated heterocycles. The summed E-state index contributed by atoms with van der Waals surface area (Å²) >= 11 is 0. The normalized spacial score (nSPS) is 31.0. The van der Waals surface area contributed by atoms with E-state index in [9.17, 15) is 9.59 Å². The summed E-state index contributed by atoms with van der Waals surface area (Å²) in [5.74, 6) is 1.47. The molecule has 0 unspecified atom stereocenters. The van der Waals surface area contributed by atoms with Crippen LogP contribution in [0.15, 0.2) is 18.2 Å². The molecular weight excluding hydrogens is 348 g/mol. The van der Waals surface area contributed by atoms with E-state index in [4.69, 9.17) is 14.2 Å². The molecule has 3 saturated carbocycles. The molecule has 4 atom stereocenters. The molecule has 27 heavy (non-hydrogen) atoms. The summed E-state index contributed by atoms with van der Waals surface area (Å²) in [6, 6.07) is 5.25. The van der Waals surface area contributed by atoms with Gasteiger partial charge in [0.2, 0.25) is 5.91 Å². The maximum atomic E-state index is 12.7. The number of hydrogen-bond donors (Lipinski definition) is 2. The number of benzene rings is 1. The summed E-state index contributed by atoms with van der Waals surface area (Å²) < 4.78 is 16.6. The average molecular weight is 374 g/mol. The molecule has 0 radical (unpaired) electrons. The van der Waals surface area contributed by atoms with E-state index in [1.54, 1.807) is 32.4 Å². The van der Waals surface area contributed by atoms with Crippen LogP contribution in [0.4, 0.5) is 0 Å². The lowest BCUT2D eigenvalue weighted by atomic mass is 9.60. The zero-order valence-electron chi connectivity index (χ0n) is 15.7. The maximum absolute atomic E-state index is 12.7. The highest BCUT2D eigenvalue weighted by Crippen LogP contribution is 2.52. The molecule has 1 heterocycles. The fourth-order valence-electron chi connectivity index (χ4n) is 4.85. The van der Waals surface area contributed by atoms with Crippen molar-refractivity contribution in [1.82, 2.24) is 10.6 Å². The first-order valence-corrected chi connectivity index (χ1v) is 9.52. The lowest BCUT2D eigenvalue weighted by molar-refractivity contribution is -0.146. The minimum atomic E-state index is -0.720. The van der Waals surface area contributed by atoms with Crippen LogP contribution in [0.2, 0.25) is 0 Å². The molecule has 0 aromatic heterocycles. The molecule has 1 aromatic carbocycles. The molecule has 2 bridgehead atoms. The average Bonchev–Trinajstić information content (AvgIpc) is 2.67. The molecule has 3 aliphatic carbocycles. The van der Waals surface area contributed by atoms with Gasteiger partial charge in [-0.15, -0.1) is 0 Å². The Balaban J connectivity index is 1.53. The third-order valence-corrected chi connectivity index (χ3v) is 6.21. The van der Waals surface area contributed by atoms with Crippen LogP contribution in [0.3, 0.4) is 0 Å². The first kappa shape index (κ1) is 18.1. The molecule has 4 aliphatic rings. The van der Waals surface area contributed by atoms with Crippen LogP contribution >= 0.6 is 0 Å². The Kier molecular flexibility index (Phi) is 4.72. The Hall–Kier alpha value is -2.28. The van der Waals surface area contributed by atoms with Crippen LogP contribution in [0, 0.1) is 17.8 Å². The van der Waals surface area contributed by atoms with Gasteiger partial charge in [-0.05, 0) is 37.3 Å². The Morgan fingerprint density at radius 1 is 1.37 bits per heavy atom. The molecule has 1 aliphatic heterocycles. The molecule has 1 aromatic rings. The fraction of sp³-hybridized carbons (Fsp3) is 0.600. The molecule has 2 N–H and O–H groups in total. The quantitative estimate of drug-likeness (QED) is 0.767. The van der Waals surface area contributed by atoms with Gasteiger partial charge in [0.1, 0.15) is 11.5 Å². The highest BCUT2D eigenvalue weighted by atomic mass is 16.5. The number of nitrogens with one attached hydrogen (secondary N) is 2. The van der Waals surface area contributed by atoms with Gasteiger partial charge in [0.25, 0.3) is 5.91 Å². The smallest absolute Gasteiger partial charge is 0.258 e. The number of methoxy groups -OCH3 is 2.